The van der Waals surface area contributed by atoms with Crippen LogP contribution in [0.15, 0.2) is 36.4 Å². The largest absolute Gasteiger partial charge is 0.508 e. The predicted octanol–water partition coefficient (Wildman–Crippen LogP) is 2.32. The monoisotopic (exact) mass is 244 g/mol. The van der Waals surface area contributed by atoms with Crippen LogP contribution in [0.4, 0.5) is 5.69 Å². The molecule has 0 bridgehead atoms. The van der Waals surface area contributed by atoms with Gasteiger partial charge < -0.3 is 14.6 Å². The van der Waals surface area contributed by atoms with E-state index in [4.69, 9.17) is 0 Å². The zero-order chi connectivity index (χ0) is 13.3. The molecule has 4 nitrogen and oxygen atoms in total. The Hall–Kier alpha value is -2.23. The number of hydrogen-bond acceptors (Lipinski definition) is 2. The number of carbonyl (C=O) groups excluding carboxylic acids is 1. The minimum Gasteiger partial charge on any atom is -0.508 e. The number of amides is 1. The van der Waals surface area contributed by atoms with Crippen molar-refractivity contribution in [2.24, 2.45) is 7.05 Å². The number of aryl methyl sites for hydroxylation is 1. The summed E-state index contributed by atoms with van der Waals surface area (Å²) in [5.74, 6) is 0.0476. The van der Waals surface area contributed by atoms with Gasteiger partial charge in [0.2, 0.25) is 0 Å². The summed E-state index contributed by atoms with van der Waals surface area (Å²) in [7, 11) is 3.55. The molecular formula is C14H16N2O2. The third-order valence-corrected chi connectivity index (χ3v) is 3.11. The Bertz CT molecular complexity index is 587. The second-order valence-corrected chi connectivity index (χ2v) is 4.30. The Kier molecular flexibility index (Phi) is 3.10. The van der Waals surface area contributed by atoms with E-state index in [9.17, 15) is 9.90 Å². The zero-order valence-corrected chi connectivity index (χ0v) is 10.7. The van der Waals surface area contributed by atoms with Gasteiger partial charge in [0.1, 0.15) is 11.4 Å². The van der Waals surface area contributed by atoms with Gasteiger partial charge in [-0.1, -0.05) is 6.07 Å². The van der Waals surface area contributed by atoms with Crippen molar-refractivity contribution in [3.63, 3.8) is 0 Å². The minimum absolute atomic E-state index is 0.101. The van der Waals surface area contributed by atoms with Crippen LogP contribution in [-0.2, 0) is 7.05 Å². The Labute approximate surface area is 106 Å². The van der Waals surface area contributed by atoms with E-state index < -0.39 is 0 Å². The first-order valence-electron chi connectivity index (χ1n) is 5.70. The molecule has 0 aliphatic rings. The number of anilines is 1. The summed E-state index contributed by atoms with van der Waals surface area (Å²) in [6.45, 7) is 1.95. The first kappa shape index (κ1) is 12.2. The molecule has 1 heterocycles. The number of carbonyl (C=O) groups is 1. The molecule has 0 saturated heterocycles. The summed E-state index contributed by atoms with van der Waals surface area (Å²) in [4.78, 5) is 13.8. The number of nitrogens with zero attached hydrogens (tertiary/aromatic N) is 2. The van der Waals surface area contributed by atoms with Gasteiger partial charge in [-0.2, -0.15) is 0 Å². The molecule has 0 aliphatic carbocycles. The van der Waals surface area contributed by atoms with E-state index in [1.54, 1.807) is 37.4 Å². The van der Waals surface area contributed by atoms with Crippen molar-refractivity contribution < 1.29 is 9.90 Å². The molecule has 18 heavy (non-hydrogen) atoms. The minimum atomic E-state index is -0.101. The fourth-order valence-corrected chi connectivity index (χ4v) is 1.82. The summed E-state index contributed by atoms with van der Waals surface area (Å²) in [5, 5.41) is 9.43. The fourth-order valence-electron chi connectivity index (χ4n) is 1.82. The SMILES string of the molecule is Cc1ccc(C(=O)N(C)c2cccc(O)c2)n1C. The molecule has 2 aromatic rings. The lowest BCUT2D eigenvalue weighted by Crippen LogP contribution is -2.28. The van der Waals surface area contributed by atoms with E-state index in [0.29, 0.717) is 11.4 Å². The molecule has 0 unspecified atom stereocenters. The highest BCUT2D eigenvalue weighted by Crippen LogP contribution is 2.21. The molecular weight excluding hydrogens is 228 g/mol. The number of aromatic hydroxyl groups is 1. The lowest BCUT2D eigenvalue weighted by Gasteiger charge is -2.18. The van der Waals surface area contributed by atoms with Crippen LogP contribution in [0.3, 0.4) is 0 Å². The predicted molar refractivity (Wildman–Crippen MR) is 71.0 cm³/mol. The van der Waals surface area contributed by atoms with E-state index in [2.05, 4.69) is 0 Å². The molecule has 0 fully saturated rings. The van der Waals surface area contributed by atoms with Gasteiger partial charge in [-0.05, 0) is 31.2 Å². The average Bonchev–Trinajstić information content (AvgIpc) is 2.68. The Morgan fingerprint density at radius 3 is 2.56 bits per heavy atom. The third kappa shape index (κ3) is 2.09. The highest BCUT2D eigenvalue weighted by Gasteiger charge is 2.17. The lowest BCUT2D eigenvalue weighted by molar-refractivity contribution is 0.0985. The van der Waals surface area contributed by atoms with Crippen molar-refractivity contribution in [3.8, 4) is 5.75 Å². The molecule has 2 rings (SSSR count). The van der Waals surface area contributed by atoms with Gasteiger partial charge in [0.25, 0.3) is 5.91 Å². The van der Waals surface area contributed by atoms with Crippen molar-refractivity contribution >= 4 is 11.6 Å². The van der Waals surface area contributed by atoms with Gasteiger partial charge >= 0.3 is 0 Å². The lowest BCUT2D eigenvalue weighted by atomic mass is 10.2. The molecule has 4 heteroatoms. The third-order valence-electron chi connectivity index (χ3n) is 3.11. The van der Waals surface area contributed by atoms with Crippen LogP contribution in [0.1, 0.15) is 16.2 Å². The molecule has 0 atom stereocenters. The van der Waals surface area contributed by atoms with Crippen LogP contribution >= 0.6 is 0 Å². The van der Waals surface area contributed by atoms with Gasteiger partial charge in [-0.15, -0.1) is 0 Å². The number of hydrogen-bond donors (Lipinski definition) is 1. The zero-order valence-electron chi connectivity index (χ0n) is 10.7. The second kappa shape index (κ2) is 4.56. The Balaban J connectivity index is 2.32. The van der Waals surface area contributed by atoms with Gasteiger partial charge in [0, 0.05) is 31.5 Å². The number of phenols is 1. The van der Waals surface area contributed by atoms with E-state index >= 15 is 0 Å². The first-order chi connectivity index (χ1) is 8.50. The molecule has 1 aromatic carbocycles. The highest BCUT2D eigenvalue weighted by atomic mass is 16.3. The van der Waals surface area contributed by atoms with Crippen molar-refractivity contribution in [1.82, 2.24) is 4.57 Å². The Morgan fingerprint density at radius 1 is 1.28 bits per heavy atom. The molecule has 0 radical (unpaired) electrons. The second-order valence-electron chi connectivity index (χ2n) is 4.30. The van der Waals surface area contributed by atoms with Crippen molar-refractivity contribution in [2.45, 2.75) is 6.92 Å². The molecule has 94 valence electrons. The average molecular weight is 244 g/mol. The summed E-state index contributed by atoms with van der Waals surface area (Å²) in [6.07, 6.45) is 0. The number of rotatable bonds is 2. The van der Waals surface area contributed by atoms with E-state index in [-0.39, 0.29) is 11.7 Å². The molecule has 0 aliphatic heterocycles. The number of aromatic nitrogens is 1. The van der Waals surface area contributed by atoms with E-state index in [0.717, 1.165) is 5.69 Å². The quantitative estimate of drug-likeness (QED) is 0.881. The van der Waals surface area contributed by atoms with Gasteiger partial charge in [0.05, 0.1) is 0 Å². The smallest absolute Gasteiger partial charge is 0.274 e. The number of phenolic OH excluding ortho intramolecular Hbond substituents is 1. The summed E-state index contributed by atoms with van der Waals surface area (Å²) >= 11 is 0. The normalized spacial score (nSPS) is 10.4. The van der Waals surface area contributed by atoms with Gasteiger partial charge in [-0.3, -0.25) is 4.79 Å². The summed E-state index contributed by atoms with van der Waals surface area (Å²) < 4.78 is 1.85. The topological polar surface area (TPSA) is 45.5 Å². The maximum absolute atomic E-state index is 12.3. The van der Waals surface area contributed by atoms with Crippen LogP contribution in [0.5, 0.6) is 5.75 Å². The summed E-state index contributed by atoms with van der Waals surface area (Å²) in [6, 6.07) is 10.3. The molecule has 0 spiro atoms. The first-order valence-corrected chi connectivity index (χ1v) is 5.70. The molecule has 1 N–H and O–H groups in total. The standard InChI is InChI=1S/C14H16N2O2/c1-10-7-8-13(15(10)2)14(18)16(3)11-5-4-6-12(17)9-11/h4-9,17H,1-3H3. The summed E-state index contributed by atoms with van der Waals surface area (Å²) in [5.41, 5.74) is 2.32. The van der Waals surface area contributed by atoms with Crippen LogP contribution in [-0.4, -0.2) is 22.6 Å². The molecule has 1 aromatic heterocycles. The van der Waals surface area contributed by atoms with E-state index in [1.807, 2.05) is 24.6 Å². The van der Waals surface area contributed by atoms with Crippen LogP contribution < -0.4 is 4.90 Å². The van der Waals surface area contributed by atoms with Crippen molar-refractivity contribution in [1.29, 1.82) is 0 Å². The van der Waals surface area contributed by atoms with Crippen LogP contribution in [0.25, 0.3) is 0 Å². The fraction of sp³-hybridized carbons (Fsp3) is 0.214. The number of benzene rings is 1. The van der Waals surface area contributed by atoms with E-state index in [1.165, 1.54) is 4.90 Å². The maximum atomic E-state index is 12.3. The molecule has 0 saturated carbocycles. The Morgan fingerprint density at radius 2 is 2.00 bits per heavy atom. The van der Waals surface area contributed by atoms with Crippen molar-refractivity contribution in [2.75, 3.05) is 11.9 Å². The van der Waals surface area contributed by atoms with Gasteiger partial charge in [0.15, 0.2) is 0 Å². The maximum Gasteiger partial charge on any atom is 0.274 e. The van der Waals surface area contributed by atoms with Gasteiger partial charge in [-0.25, -0.2) is 0 Å². The van der Waals surface area contributed by atoms with Crippen molar-refractivity contribution in [3.05, 3.63) is 47.8 Å². The van der Waals surface area contributed by atoms with Crippen LogP contribution in [0.2, 0.25) is 0 Å². The van der Waals surface area contributed by atoms with Crippen LogP contribution in [0, 0.1) is 6.92 Å². The molecule has 1 amide bonds. The highest BCUT2D eigenvalue weighted by molar-refractivity contribution is 6.04.